The predicted octanol–water partition coefficient (Wildman–Crippen LogP) is 2.40. The Morgan fingerprint density at radius 1 is 1.08 bits per heavy atom. The first-order valence-electron chi connectivity index (χ1n) is 8.81. The average Bonchev–Trinajstić information content (AvgIpc) is 3.10. The number of aliphatic hydroxyl groups is 1. The van der Waals surface area contributed by atoms with Crippen molar-refractivity contribution in [1.82, 2.24) is 4.90 Å². The maximum atomic E-state index is 13.2. The molecule has 24 heavy (non-hydrogen) atoms. The minimum atomic E-state index is -1.69. The highest BCUT2D eigenvalue weighted by atomic mass is 16.4. The Kier molecular flexibility index (Phi) is 4.90. The van der Waals surface area contributed by atoms with Crippen LogP contribution in [0.25, 0.3) is 0 Å². The van der Waals surface area contributed by atoms with E-state index in [4.69, 9.17) is 5.11 Å². The number of carboxylic acid groups (broad SMARTS) is 1. The standard InChI is InChI=1S/C19H25NO4/c21-17(20-12-10-19(24,11-13-20)18(22)23)16(15-8-4-5-9-15)14-6-2-1-3-7-14/h1-3,6-7,15-16,24H,4-5,8-13H2,(H,22,23). The molecule has 1 aliphatic heterocycles. The number of likely N-dealkylation sites (tertiary alicyclic amines) is 1. The fourth-order valence-electron chi connectivity index (χ4n) is 4.08. The number of amides is 1. The van der Waals surface area contributed by atoms with Gasteiger partial charge in [0.05, 0.1) is 5.92 Å². The normalized spacial score (nSPS) is 22.3. The van der Waals surface area contributed by atoms with E-state index < -0.39 is 11.6 Å². The second-order valence-electron chi connectivity index (χ2n) is 7.09. The second kappa shape index (κ2) is 6.93. The van der Waals surface area contributed by atoms with Crippen molar-refractivity contribution >= 4 is 11.9 Å². The lowest BCUT2D eigenvalue weighted by Gasteiger charge is -2.38. The molecular formula is C19H25NO4. The molecule has 0 aromatic heterocycles. The molecule has 5 nitrogen and oxygen atoms in total. The van der Waals surface area contributed by atoms with Gasteiger partial charge in [-0.1, -0.05) is 43.2 Å². The number of piperidine rings is 1. The minimum absolute atomic E-state index is 0.0838. The van der Waals surface area contributed by atoms with E-state index in [1.165, 1.54) is 12.8 Å². The number of carbonyl (C=O) groups excluding carboxylic acids is 1. The van der Waals surface area contributed by atoms with Gasteiger partial charge < -0.3 is 15.1 Å². The monoisotopic (exact) mass is 331 g/mol. The highest BCUT2D eigenvalue weighted by Crippen LogP contribution is 2.39. The van der Waals surface area contributed by atoms with Crippen molar-refractivity contribution < 1.29 is 19.8 Å². The Bertz CT molecular complexity index is 587. The Labute approximate surface area is 142 Å². The molecule has 1 unspecified atom stereocenters. The van der Waals surface area contributed by atoms with Gasteiger partial charge in [0.15, 0.2) is 5.60 Å². The molecule has 2 aliphatic rings. The summed E-state index contributed by atoms with van der Waals surface area (Å²) in [6.45, 7) is 0.607. The van der Waals surface area contributed by atoms with Crippen molar-refractivity contribution in [3.05, 3.63) is 35.9 Å². The predicted molar refractivity (Wildman–Crippen MR) is 89.5 cm³/mol. The fourth-order valence-corrected chi connectivity index (χ4v) is 4.08. The van der Waals surface area contributed by atoms with Gasteiger partial charge in [0.25, 0.3) is 0 Å². The van der Waals surface area contributed by atoms with E-state index in [-0.39, 0.29) is 24.7 Å². The van der Waals surface area contributed by atoms with E-state index in [9.17, 15) is 14.7 Å². The molecule has 1 saturated carbocycles. The van der Waals surface area contributed by atoms with E-state index in [0.29, 0.717) is 19.0 Å². The molecular weight excluding hydrogens is 306 g/mol. The number of aliphatic carboxylic acids is 1. The van der Waals surface area contributed by atoms with Crippen molar-refractivity contribution in [2.75, 3.05) is 13.1 Å². The number of rotatable bonds is 4. The Hall–Kier alpha value is -1.88. The summed E-state index contributed by atoms with van der Waals surface area (Å²) in [6, 6.07) is 9.90. The van der Waals surface area contributed by atoms with Gasteiger partial charge in [-0.05, 0) is 24.3 Å². The number of nitrogens with zero attached hydrogens (tertiary/aromatic N) is 1. The van der Waals surface area contributed by atoms with Gasteiger partial charge in [-0.15, -0.1) is 0 Å². The lowest BCUT2D eigenvalue weighted by Crippen LogP contribution is -2.52. The van der Waals surface area contributed by atoms with Crippen molar-refractivity contribution in [2.45, 2.75) is 50.0 Å². The molecule has 1 heterocycles. The van der Waals surface area contributed by atoms with E-state index in [1.807, 2.05) is 30.3 Å². The topological polar surface area (TPSA) is 77.8 Å². The van der Waals surface area contributed by atoms with Gasteiger partial charge in [0.1, 0.15) is 0 Å². The van der Waals surface area contributed by atoms with Gasteiger partial charge in [-0.3, -0.25) is 4.79 Å². The van der Waals surface area contributed by atoms with Crippen LogP contribution in [0.15, 0.2) is 30.3 Å². The lowest BCUT2D eigenvalue weighted by molar-refractivity contribution is -0.165. The van der Waals surface area contributed by atoms with E-state index >= 15 is 0 Å². The van der Waals surface area contributed by atoms with Crippen molar-refractivity contribution in [1.29, 1.82) is 0 Å². The Morgan fingerprint density at radius 2 is 1.67 bits per heavy atom. The molecule has 5 heteroatoms. The van der Waals surface area contributed by atoms with Gasteiger partial charge >= 0.3 is 5.97 Å². The van der Waals surface area contributed by atoms with Crippen LogP contribution in [0, 0.1) is 5.92 Å². The number of carboxylic acids is 1. The van der Waals surface area contributed by atoms with Crippen molar-refractivity contribution in [2.24, 2.45) is 5.92 Å². The molecule has 1 aromatic carbocycles. The number of hydrogen-bond acceptors (Lipinski definition) is 3. The third-order valence-electron chi connectivity index (χ3n) is 5.60. The zero-order valence-electron chi connectivity index (χ0n) is 13.9. The van der Waals surface area contributed by atoms with Gasteiger partial charge in [-0.2, -0.15) is 0 Å². The zero-order chi connectivity index (χ0) is 17.2. The molecule has 2 N–H and O–H groups in total. The van der Waals surface area contributed by atoms with E-state index in [0.717, 1.165) is 18.4 Å². The van der Waals surface area contributed by atoms with Crippen LogP contribution in [0.5, 0.6) is 0 Å². The second-order valence-corrected chi connectivity index (χ2v) is 7.09. The number of benzene rings is 1. The van der Waals surface area contributed by atoms with Crippen LogP contribution in [0.1, 0.15) is 50.0 Å². The van der Waals surface area contributed by atoms with Crippen LogP contribution in [0.3, 0.4) is 0 Å². The van der Waals surface area contributed by atoms with Crippen LogP contribution < -0.4 is 0 Å². The van der Waals surface area contributed by atoms with Crippen LogP contribution in [0.4, 0.5) is 0 Å². The molecule has 1 saturated heterocycles. The van der Waals surface area contributed by atoms with E-state index in [2.05, 4.69) is 0 Å². The molecule has 1 atom stereocenters. The summed E-state index contributed by atoms with van der Waals surface area (Å²) in [5, 5.41) is 19.2. The highest BCUT2D eigenvalue weighted by molar-refractivity contribution is 5.85. The Morgan fingerprint density at radius 3 is 2.21 bits per heavy atom. The van der Waals surface area contributed by atoms with Crippen molar-refractivity contribution in [3.8, 4) is 0 Å². The molecule has 0 radical (unpaired) electrons. The van der Waals surface area contributed by atoms with Gasteiger partial charge in [0.2, 0.25) is 5.91 Å². The maximum absolute atomic E-state index is 13.2. The van der Waals surface area contributed by atoms with Crippen LogP contribution >= 0.6 is 0 Å². The van der Waals surface area contributed by atoms with Gasteiger partial charge in [0, 0.05) is 25.9 Å². The van der Waals surface area contributed by atoms with Crippen molar-refractivity contribution in [3.63, 3.8) is 0 Å². The zero-order valence-corrected chi connectivity index (χ0v) is 13.9. The molecule has 3 rings (SSSR count). The largest absolute Gasteiger partial charge is 0.479 e. The summed E-state index contributed by atoms with van der Waals surface area (Å²) in [6.07, 6.45) is 4.66. The summed E-state index contributed by atoms with van der Waals surface area (Å²) < 4.78 is 0. The van der Waals surface area contributed by atoms with Gasteiger partial charge in [-0.25, -0.2) is 4.79 Å². The van der Waals surface area contributed by atoms with Crippen LogP contribution in [0.2, 0.25) is 0 Å². The Balaban J connectivity index is 1.76. The molecule has 2 fully saturated rings. The smallest absolute Gasteiger partial charge is 0.335 e. The molecule has 1 aliphatic carbocycles. The quantitative estimate of drug-likeness (QED) is 0.888. The number of hydrogen-bond donors (Lipinski definition) is 2. The SMILES string of the molecule is O=C(C(c1ccccc1)C1CCCC1)N1CCC(O)(C(=O)O)CC1. The van der Waals surface area contributed by atoms with Crippen LogP contribution in [-0.4, -0.2) is 45.7 Å². The minimum Gasteiger partial charge on any atom is -0.479 e. The third kappa shape index (κ3) is 3.31. The lowest BCUT2D eigenvalue weighted by atomic mass is 9.82. The summed E-state index contributed by atoms with van der Waals surface area (Å²) in [5.74, 6) is -0.893. The average molecular weight is 331 g/mol. The first-order chi connectivity index (χ1) is 11.5. The summed E-state index contributed by atoms with van der Waals surface area (Å²) >= 11 is 0. The molecule has 0 spiro atoms. The molecule has 1 aromatic rings. The first kappa shape index (κ1) is 17.0. The fraction of sp³-hybridized carbons (Fsp3) is 0.579. The maximum Gasteiger partial charge on any atom is 0.335 e. The summed E-state index contributed by atoms with van der Waals surface area (Å²) in [5.41, 5.74) is -0.639. The van der Waals surface area contributed by atoms with E-state index in [1.54, 1.807) is 4.90 Å². The molecule has 1 amide bonds. The highest BCUT2D eigenvalue weighted by Gasteiger charge is 2.42. The summed E-state index contributed by atoms with van der Waals surface area (Å²) in [4.78, 5) is 26.1. The number of carbonyl (C=O) groups is 2. The molecule has 130 valence electrons. The third-order valence-corrected chi connectivity index (χ3v) is 5.60. The summed E-state index contributed by atoms with van der Waals surface area (Å²) in [7, 11) is 0. The van der Waals surface area contributed by atoms with Crippen LogP contribution in [-0.2, 0) is 9.59 Å². The molecule has 0 bridgehead atoms. The first-order valence-corrected chi connectivity index (χ1v) is 8.81.